The number of carbonyl (C=O) groups is 3. The number of ether oxygens (including phenoxy) is 1. The molecule has 2 N–H and O–H groups in total. The highest BCUT2D eigenvalue weighted by atomic mass is 32.2. The molecular formula is C38H35F5N2O8S. The molecule has 54 heavy (non-hydrogen) atoms. The van der Waals surface area contributed by atoms with Crippen molar-refractivity contribution >= 4 is 33.6 Å². The van der Waals surface area contributed by atoms with E-state index in [0.29, 0.717) is 11.5 Å². The lowest BCUT2D eigenvalue weighted by Gasteiger charge is -2.28. The van der Waals surface area contributed by atoms with Crippen LogP contribution in [-0.2, 0) is 32.6 Å². The molecule has 1 fully saturated rings. The zero-order valence-corrected chi connectivity index (χ0v) is 29.6. The summed E-state index contributed by atoms with van der Waals surface area (Å²) in [6, 6.07) is 15.4. The molecule has 0 aliphatic heterocycles. The van der Waals surface area contributed by atoms with Crippen molar-refractivity contribution in [2.75, 3.05) is 18.1 Å². The molecule has 0 unspecified atom stereocenters. The fourth-order valence-electron chi connectivity index (χ4n) is 6.27. The zero-order chi connectivity index (χ0) is 39.3. The molecule has 1 amide bonds. The third-order valence-corrected chi connectivity index (χ3v) is 10.9. The predicted octanol–water partition coefficient (Wildman–Crippen LogP) is 7.43. The van der Waals surface area contributed by atoms with Crippen molar-refractivity contribution in [1.82, 2.24) is 4.31 Å². The van der Waals surface area contributed by atoms with Gasteiger partial charge in [0.25, 0.3) is 0 Å². The molecule has 10 nitrogen and oxygen atoms in total. The predicted molar refractivity (Wildman–Crippen MR) is 185 cm³/mol. The highest BCUT2D eigenvalue weighted by Crippen LogP contribution is 2.34. The Morgan fingerprint density at radius 1 is 0.778 bits per heavy atom. The van der Waals surface area contributed by atoms with Crippen LogP contribution in [0.25, 0.3) is 0 Å². The number of benzene rings is 4. The number of rotatable bonds is 13. The van der Waals surface area contributed by atoms with Crippen molar-refractivity contribution in [3.63, 3.8) is 0 Å². The fraction of sp³-hybridized carbons (Fsp3) is 0.289. The molecule has 0 atom stereocenters. The Bertz CT molecular complexity index is 2130. The highest BCUT2D eigenvalue weighted by Gasteiger charge is 2.39. The molecule has 16 heteroatoms. The molecular weight excluding hydrogens is 739 g/mol. The van der Waals surface area contributed by atoms with Gasteiger partial charge in [-0.1, -0.05) is 55.7 Å². The lowest BCUT2D eigenvalue weighted by atomic mass is 9.84. The summed E-state index contributed by atoms with van der Waals surface area (Å²) >= 11 is 0. The van der Waals surface area contributed by atoms with Crippen LogP contribution in [-0.4, -0.2) is 53.9 Å². The number of carboxylic acid groups (broad SMARTS) is 1. The van der Waals surface area contributed by atoms with Gasteiger partial charge in [0.05, 0.1) is 25.3 Å². The Labute approximate surface area is 307 Å². The smallest absolute Gasteiger partial charge is 0.339 e. The summed E-state index contributed by atoms with van der Waals surface area (Å²) in [5, 5.41) is 19.9. The van der Waals surface area contributed by atoms with Crippen LogP contribution in [0.15, 0.2) is 71.6 Å². The number of carboxylic acids is 1. The Hall–Kier alpha value is -5.35. The van der Waals surface area contributed by atoms with Crippen molar-refractivity contribution in [3.05, 3.63) is 124 Å². The SMILES string of the molecule is CCOC(=O)c1ccc(CN(CC(=O)N(Cc2ccc(C3CCCCC3)cc2)c2ccc(C(=O)O)c(O)c2)S(=O)(=O)c2c(F)c(F)c(F)c(F)c2F)cc1. The quantitative estimate of drug-likeness (QED) is 0.0619. The van der Waals surface area contributed by atoms with E-state index in [0.717, 1.165) is 54.7 Å². The van der Waals surface area contributed by atoms with E-state index in [-0.39, 0.29) is 34.3 Å². The minimum absolute atomic E-state index is 0.0385. The van der Waals surface area contributed by atoms with Crippen LogP contribution in [0.2, 0.25) is 0 Å². The number of aromatic carboxylic acids is 1. The van der Waals surface area contributed by atoms with Crippen molar-refractivity contribution < 1.29 is 59.7 Å². The van der Waals surface area contributed by atoms with Gasteiger partial charge in [-0.05, 0) is 66.6 Å². The number of sulfonamides is 1. The number of aromatic hydroxyl groups is 1. The van der Waals surface area contributed by atoms with E-state index in [1.54, 1.807) is 19.1 Å². The topological polar surface area (TPSA) is 142 Å². The van der Waals surface area contributed by atoms with Gasteiger partial charge in [-0.3, -0.25) is 4.79 Å². The molecule has 286 valence electrons. The first-order valence-electron chi connectivity index (χ1n) is 16.9. The van der Waals surface area contributed by atoms with Crippen LogP contribution < -0.4 is 4.90 Å². The van der Waals surface area contributed by atoms with Crippen molar-refractivity contribution in [1.29, 1.82) is 0 Å². The number of anilines is 1. The largest absolute Gasteiger partial charge is 0.507 e. The molecule has 0 bridgehead atoms. The van der Waals surface area contributed by atoms with Crippen molar-refractivity contribution in [2.45, 2.75) is 62.9 Å². The van der Waals surface area contributed by atoms with Crippen LogP contribution in [0.4, 0.5) is 27.6 Å². The minimum atomic E-state index is -5.71. The van der Waals surface area contributed by atoms with Gasteiger partial charge in [0.15, 0.2) is 28.2 Å². The van der Waals surface area contributed by atoms with Crippen molar-refractivity contribution in [3.8, 4) is 5.75 Å². The third kappa shape index (κ3) is 8.55. The first-order valence-corrected chi connectivity index (χ1v) is 18.3. The van der Waals surface area contributed by atoms with E-state index in [1.165, 1.54) is 30.3 Å². The number of hydrogen-bond acceptors (Lipinski definition) is 7. The zero-order valence-electron chi connectivity index (χ0n) is 28.8. The second kappa shape index (κ2) is 16.8. The molecule has 4 aromatic rings. The summed E-state index contributed by atoms with van der Waals surface area (Å²) < 4.78 is 106. The number of hydrogen-bond donors (Lipinski definition) is 2. The lowest BCUT2D eigenvalue weighted by Crippen LogP contribution is -2.43. The average molecular weight is 775 g/mol. The first kappa shape index (κ1) is 39.8. The Morgan fingerprint density at radius 2 is 1.33 bits per heavy atom. The van der Waals surface area contributed by atoms with Gasteiger partial charge in [0, 0.05) is 18.3 Å². The Kier molecular flexibility index (Phi) is 12.4. The van der Waals surface area contributed by atoms with E-state index in [1.807, 2.05) is 12.1 Å². The Morgan fingerprint density at radius 3 is 1.89 bits per heavy atom. The van der Waals surface area contributed by atoms with E-state index in [4.69, 9.17) is 4.74 Å². The highest BCUT2D eigenvalue weighted by molar-refractivity contribution is 7.89. The summed E-state index contributed by atoms with van der Waals surface area (Å²) in [6.07, 6.45) is 5.35. The van der Waals surface area contributed by atoms with E-state index in [9.17, 15) is 46.2 Å². The summed E-state index contributed by atoms with van der Waals surface area (Å²) in [5.74, 6) is -16.6. The van der Waals surface area contributed by atoms with Crippen LogP contribution in [0.3, 0.4) is 0 Å². The monoisotopic (exact) mass is 774 g/mol. The summed E-state index contributed by atoms with van der Waals surface area (Å²) in [6.45, 7) is -0.759. The van der Waals surface area contributed by atoms with E-state index < -0.39 is 86.3 Å². The van der Waals surface area contributed by atoms with Crippen molar-refractivity contribution in [2.24, 2.45) is 0 Å². The van der Waals surface area contributed by atoms with Crippen LogP contribution in [0.1, 0.15) is 82.4 Å². The molecule has 0 spiro atoms. The van der Waals surface area contributed by atoms with Gasteiger partial charge in [0.1, 0.15) is 11.3 Å². The molecule has 5 rings (SSSR count). The number of amides is 1. The summed E-state index contributed by atoms with van der Waals surface area (Å²) in [4.78, 5) is 36.7. The van der Waals surface area contributed by atoms with E-state index in [2.05, 4.69) is 0 Å². The molecule has 0 radical (unpaired) electrons. The number of halogens is 5. The lowest BCUT2D eigenvalue weighted by molar-refractivity contribution is -0.119. The number of esters is 1. The van der Waals surface area contributed by atoms with Gasteiger partial charge in [0.2, 0.25) is 21.7 Å². The summed E-state index contributed by atoms with van der Waals surface area (Å²) in [7, 11) is -5.71. The first-order chi connectivity index (χ1) is 25.6. The molecule has 0 aromatic heterocycles. The van der Waals surface area contributed by atoms with Gasteiger partial charge in [-0.25, -0.2) is 40.0 Å². The molecule has 0 heterocycles. The summed E-state index contributed by atoms with van der Waals surface area (Å²) in [5.41, 5.74) is 1.08. The van der Waals surface area contributed by atoms with E-state index >= 15 is 8.78 Å². The Balaban J connectivity index is 1.56. The van der Waals surface area contributed by atoms with Gasteiger partial charge >= 0.3 is 11.9 Å². The molecule has 0 saturated heterocycles. The molecule has 1 aliphatic carbocycles. The maximum Gasteiger partial charge on any atom is 0.339 e. The maximum atomic E-state index is 15.0. The fourth-order valence-corrected chi connectivity index (χ4v) is 7.76. The average Bonchev–Trinajstić information content (AvgIpc) is 3.15. The molecule has 1 saturated carbocycles. The second-order valence-electron chi connectivity index (χ2n) is 12.7. The van der Waals surface area contributed by atoms with Crippen LogP contribution in [0.5, 0.6) is 5.75 Å². The second-order valence-corrected chi connectivity index (χ2v) is 14.5. The maximum absolute atomic E-state index is 15.0. The number of carbonyl (C=O) groups excluding carboxylic acids is 2. The minimum Gasteiger partial charge on any atom is -0.507 e. The van der Waals surface area contributed by atoms with Gasteiger partial charge in [-0.15, -0.1) is 0 Å². The normalized spacial score (nSPS) is 13.5. The van der Waals surface area contributed by atoms with Gasteiger partial charge < -0.3 is 19.8 Å². The third-order valence-electron chi connectivity index (χ3n) is 9.12. The standard InChI is InChI=1S/C38H35F5N2O8S/c1-2-53-38(50)26-14-10-22(11-15-26)19-44(54(51,52)36-34(42)32(40)31(39)33(41)35(36)43)21-30(47)45(27-16-17-28(37(48)49)29(46)18-27)20-23-8-12-25(13-9-23)24-6-4-3-5-7-24/h8-18,24,46H,2-7,19-21H2,1H3,(H,48,49). The molecule has 4 aromatic carbocycles. The number of nitrogens with zero attached hydrogens (tertiary/aromatic N) is 2. The van der Waals surface area contributed by atoms with Gasteiger partial charge in [-0.2, -0.15) is 4.31 Å². The van der Waals surface area contributed by atoms with Crippen LogP contribution >= 0.6 is 0 Å². The van der Waals surface area contributed by atoms with Crippen LogP contribution in [0, 0.1) is 29.1 Å². The molecule has 1 aliphatic rings. The number of phenols is 1.